The van der Waals surface area contributed by atoms with Crippen LogP contribution in [0.15, 0.2) is 29.4 Å². The van der Waals surface area contributed by atoms with Crippen LogP contribution in [0, 0.1) is 5.92 Å². The summed E-state index contributed by atoms with van der Waals surface area (Å²) in [6.45, 7) is 10.5. The topological polar surface area (TPSA) is 49.3 Å². The summed E-state index contributed by atoms with van der Waals surface area (Å²) in [6, 6.07) is 6.44. The lowest BCUT2D eigenvalue weighted by molar-refractivity contribution is 0.489. The first-order valence-electron chi connectivity index (χ1n) is 8.06. The van der Waals surface area contributed by atoms with E-state index in [9.17, 15) is 0 Å². The summed E-state index contributed by atoms with van der Waals surface area (Å²) in [4.78, 5) is 8.95. The predicted molar refractivity (Wildman–Crippen MR) is 90.6 cm³/mol. The van der Waals surface area contributed by atoms with Crippen molar-refractivity contribution in [1.82, 2.24) is 15.6 Å². The number of nitrogens with one attached hydrogen (secondary N) is 2. The maximum Gasteiger partial charge on any atom is 0.191 e. The molecule has 1 rings (SSSR count). The van der Waals surface area contributed by atoms with E-state index in [1.54, 1.807) is 0 Å². The number of hydrogen-bond acceptors (Lipinski definition) is 2. The van der Waals surface area contributed by atoms with Crippen molar-refractivity contribution in [3.63, 3.8) is 0 Å². The van der Waals surface area contributed by atoms with E-state index in [1.165, 1.54) is 12.8 Å². The summed E-state index contributed by atoms with van der Waals surface area (Å²) in [7, 11) is 0. The van der Waals surface area contributed by atoms with Crippen LogP contribution in [0.3, 0.4) is 0 Å². The normalized spacial score (nSPS) is 13.3. The number of hydrogen-bond donors (Lipinski definition) is 2. The molecule has 1 unspecified atom stereocenters. The van der Waals surface area contributed by atoms with Crippen molar-refractivity contribution >= 4 is 5.96 Å². The van der Waals surface area contributed by atoms with Gasteiger partial charge in [0.05, 0.1) is 0 Å². The fraction of sp³-hybridized carbons (Fsp3) is 0.647. The largest absolute Gasteiger partial charge is 0.357 e. The van der Waals surface area contributed by atoms with E-state index in [2.05, 4.69) is 48.3 Å². The number of aliphatic imine (C=N–C) groups is 1. The predicted octanol–water partition coefficient (Wildman–Crippen LogP) is 3.00. The minimum absolute atomic E-state index is 0.444. The average molecular weight is 290 g/mol. The molecule has 0 radical (unpaired) electrons. The van der Waals surface area contributed by atoms with Gasteiger partial charge in [0, 0.05) is 37.4 Å². The molecule has 1 atom stereocenters. The molecular formula is C17H30N4. The van der Waals surface area contributed by atoms with Gasteiger partial charge in [-0.3, -0.25) is 9.98 Å². The highest BCUT2D eigenvalue weighted by Crippen LogP contribution is 2.06. The van der Waals surface area contributed by atoms with Crippen molar-refractivity contribution in [3.8, 4) is 0 Å². The molecule has 1 aromatic heterocycles. The lowest BCUT2D eigenvalue weighted by Crippen LogP contribution is -2.42. The van der Waals surface area contributed by atoms with Crippen molar-refractivity contribution in [3.05, 3.63) is 30.1 Å². The quantitative estimate of drug-likeness (QED) is 0.571. The Bertz CT molecular complexity index is 401. The smallest absolute Gasteiger partial charge is 0.191 e. The SMILES string of the molecule is CCNC(=NCCc1ccccn1)NC(C)CCC(C)C. The van der Waals surface area contributed by atoms with E-state index < -0.39 is 0 Å². The Morgan fingerprint density at radius 1 is 1.24 bits per heavy atom. The van der Waals surface area contributed by atoms with Crippen molar-refractivity contribution < 1.29 is 0 Å². The summed E-state index contributed by atoms with van der Waals surface area (Å²) in [5.74, 6) is 1.66. The van der Waals surface area contributed by atoms with Gasteiger partial charge in [0.1, 0.15) is 0 Å². The third-order valence-electron chi connectivity index (χ3n) is 3.27. The van der Waals surface area contributed by atoms with Gasteiger partial charge in [0.2, 0.25) is 0 Å². The molecule has 0 aliphatic heterocycles. The van der Waals surface area contributed by atoms with Gasteiger partial charge in [-0.1, -0.05) is 19.9 Å². The summed E-state index contributed by atoms with van der Waals surface area (Å²) in [5, 5.41) is 6.78. The standard InChI is InChI=1S/C17H30N4/c1-5-18-17(21-15(4)10-9-14(2)3)20-13-11-16-8-6-7-12-19-16/h6-8,12,14-15H,5,9-11,13H2,1-4H3,(H2,18,20,21). The molecule has 0 saturated carbocycles. The molecule has 0 saturated heterocycles. The van der Waals surface area contributed by atoms with Crippen LogP contribution in [0.1, 0.15) is 46.2 Å². The fourth-order valence-electron chi connectivity index (χ4n) is 2.04. The first kappa shape index (κ1) is 17.5. The molecule has 0 aromatic carbocycles. The Hall–Kier alpha value is -1.58. The van der Waals surface area contributed by atoms with Crippen molar-refractivity contribution in [2.75, 3.05) is 13.1 Å². The van der Waals surface area contributed by atoms with Crippen molar-refractivity contribution in [1.29, 1.82) is 0 Å². The van der Waals surface area contributed by atoms with Crippen LogP contribution in [-0.4, -0.2) is 30.1 Å². The molecule has 0 fully saturated rings. The van der Waals surface area contributed by atoms with E-state index in [-0.39, 0.29) is 0 Å². The Morgan fingerprint density at radius 2 is 2.05 bits per heavy atom. The maximum absolute atomic E-state index is 4.63. The Balaban J connectivity index is 2.42. The summed E-state index contributed by atoms with van der Waals surface area (Å²) in [6.07, 6.45) is 5.11. The first-order valence-corrected chi connectivity index (χ1v) is 8.06. The van der Waals surface area contributed by atoms with E-state index >= 15 is 0 Å². The Kier molecular flexibility index (Phi) is 8.48. The van der Waals surface area contributed by atoms with E-state index in [1.807, 2.05) is 24.4 Å². The molecule has 4 heteroatoms. The van der Waals surface area contributed by atoms with Crippen molar-refractivity contribution in [2.45, 2.75) is 53.0 Å². The molecule has 0 amide bonds. The highest BCUT2D eigenvalue weighted by molar-refractivity contribution is 5.80. The molecule has 0 bridgehead atoms. The zero-order valence-corrected chi connectivity index (χ0v) is 13.9. The summed E-state index contributed by atoms with van der Waals surface area (Å²) < 4.78 is 0. The van der Waals surface area contributed by atoms with Gasteiger partial charge in [-0.15, -0.1) is 0 Å². The molecule has 1 heterocycles. The van der Waals surface area contributed by atoms with Crippen LogP contribution in [0.2, 0.25) is 0 Å². The third kappa shape index (κ3) is 8.33. The van der Waals surface area contributed by atoms with Crippen LogP contribution < -0.4 is 10.6 Å². The molecule has 0 aliphatic rings. The molecule has 2 N–H and O–H groups in total. The Morgan fingerprint density at radius 3 is 2.67 bits per heavy atom. The number of aromatic nitrogens is 1. The van der Waals surface area contributed by atoms with Gasteiger partial charge in [0.15, 0.2) is 5.96 Å². The lowest BCUT2D eigenvalue weighted by atomic mass is 10.0. The molecular weight excluding hydrogens is 260 g/mol. The fourth-order valence-corrected chi connectivity index (χ4v) is 2.04. The zero-order chi connectivity index (χ0) is 15.5. The second-order valence-corrected chi connectivity index (χ2v) is 5.85. The Labute approximate surface area is 129 Å². The molecule has 1 aromatic rings. The molecule has 21 heavy (non-hydrogen) atoms. The van der Waals surface area contributed by atoms with Gasteiger partial charge in [-0.2, -0.15) is 0 Å². The van der Waals surface area contributed by atoms with E-state index in [0.717, 1.165) is 37.1 Å². The highest BCUT2D eigenvalue weighted by atomic mass is 15.2. The molecule has 0 aliphatic carbocycles. The number of pyridine rings is 1. The van der Waals surface area contributed by atoms with Gasteiger partial charge >= 0.3 is 0 Å². The minimum Gasteiger partial charge on any atom is -0.357 e. The van der Waals surface area contributed by atoms with Crippen LogP contribution >= 0.6 is 0 Å². The van der Waals surface area contributed by atoms with Gasteiger partial charge < -0.3 is 10.6 Å². The van der Waals surface area contributed by atoms with Gasteiger partial charge in [0.25, 0.3) is 0 Å². The molecule has 4 nitrogen and oxygen atoms in total. The minimum atomic E-state index is 0.444. The second-order valence-electron chi connectivity index (χ2n) is 5.85. The molecule has 0 spiro atoms. The van der Waals surface area contributed by atoms with Crippen molar-refractivity contribution in [2.24, 2.45) is 10.9 Å². The van der Waals surface area contributed by atoms with Crippen LogP contribution in [0.4, 0.5) is 0 Å². The summed E-state index contributed by atoms with van der Waals surface area (Å²) >= 11 is 0. The summed E-state index contributed by atoms with van der Waals surface area (Å²) in [5.41, 5.74) is 1.09. The third-order valence-corrected chi connectivity index (χ3v) is 3.27. The van der Waals surface area contributed by atoms with E-state index in [0.29, 0.717) is 6.04 Å². The second kappa shape index (κ2) is 10.2. The number of rotatable bonds is 8. The molecule has 118 valence electrons. The van der Waals surface area contributed by atoms with Crippen LogP contribution in [0.25, 0.3) is 0 Å². The maximum atomic E-state index is 4.63. The number of guanidine groups is 1. The van der Waals surface area contributed by atoms with Gasteiger partial charge in [-0.05, 0) is 44.7 Å². The monoisotopic (exact) mass is 290 g/mol. The zero-order valence-electron chi connectivity index (χ0n) is 13.9. The average Bonchev–Trinajstić information content (AvgIpc) is 2.46. The first-order chi connectivity index (χ1) is 10.1. The van der Waals surface area contributed by atoms with E-state index in [4.69, 9.17) is 0 Å². The van der Waals surface area contributed by atoms with Gasteiger partial charge in [-0.25, -0.2) is 0 Å². The van der Waals surface area contributed by atoms with Crippen LogP contribution in [-0.2, 0) is 6.42 Å². The van der Waals surface area contributed by atoms with Crippen LogP contribution in [0.5, 0.6) is 0 Å². The lowest BCUT2D eigenvalue weighted by Gasteiger charge is -2.18. The highest BCUT2D eigenvalue weighted by Gasteiger charge is 2.06. The number of nitrogens with zero attached hydrogens (tertiary/aromatic N) is 2.